The average Bonchev–Trinajstić information content (AvgIpc) is 3.16. The van der Waals surface area contributed by atoms with E-state index in [0.717, 1.165) is 17.9 Å². The van der Waals surface area contributed by atoms with Crippen LogP contribution in [0.3, 0.4) is 0 Å². The predicted octanol–water partition coefficient (Wildman–Crippen LogP) is 5.03. The molecule has 1 aromatic heterocycles. The largest absolute Gasteiger partial charge is 0.471 e. The summed E-state index contributed by atoms with van der Waals surface area (Å²) in [5, 5.41) is 7.15. The standard InChI is InChI=1S/C23H27N3O2/c1-5-17-6-10-19(11-7-17)24-22(27)21-14-15-26(25-21)16-28-20-12-8-18(9-13-20)23(2,3)4/h6-15H,5,16H2,1-4H3,(H,24,27). The van der Waals surface area contributed by atoms with E-state index in [-0.39, 0.29) is 18.1 Å². The zero-order valence-corrected chi connectivity index (χ0v) is 16.9. The van der Waals surface area contributed by atoms with E-state index in [9.17, 15) is 4.79 Å². The third-order valence-electron chi connectivity index (χ3n) is 4.58. The number of aryl methyl sites for hydroxylation is 1. The van der Waals surface area contributed by atoms with E-state index in [1.165, 1.54) is 11.1 Å². The number of hydrogen-bond donors (Lipinski definition) is 1. The summed E-state index contributed by atoms with van der Waals surface area (Å²) in [5.74, 6) is 0.531. The van der Waals surface area contributed by atoms with Crippen LogP contribution in [-0.4, -0.2) is 15.7 Å². The van der Waals surface area contributed by atoms with Gasteiger partial charge in [-0.2, -0.15) is 5.10 Å². The number of nitrogens with one attached hydrogen (secondary N) is 1. The van der Waals surface area contributed by atoms with Gasteiger partial charge in [-0.15, -0.1) is 0 Å². The molecule has 1 N–H and O–H groups in total. The number of rotatable bonds is 6. The lowest BCUT2D eigenvalue weighted by Crippen LogP contribution is -2.14. The zero-order valence-electron chi connectivity index (χ0n) is 16.9. The molecule has 28 heavy (non-hydrogen) atoms. The summed E-state index contributed by atoms with van der Waals surface area (Å²) in [5.41, 5.74) is 3.71. The van der Waals surface area contributed by atoms with Crippen LogP contribution in [0.1, 0.15) is 49.3 Å². The molecule has 0 atom stereocenters. The monoisotopic (exact) mass is 377 g/mol. The Labute approximate surface area is 166 Å². The van der Waals surface area contributed by atoms with Gasteiger partial charge in [0.25, 0.3) is 5.91 Å². The number of amides is 1. The van der Waals surface area contributed by atoms with Gasteiger partial charge in [-0.05, 0) is 53.3 Å². The minimum Gasteiger partial charge on any atom is -0.471 e. The lowest BCUT2D eigenvalue weighted by Gasteiger charge is -2.19. The van der Waals surface area contributed by atoms with E-state index >= 15 is 0 Å². The highest BCUT2D eigenvalue weighted by molar-refractivity contribution is 6.02. The Hall–Kier alpha value is -3.08. The van der Waals surface area contributed by atoms with E-state index in [1.54, 1.807) is 16.9 Å². The fraction of sp³-hybridized carbons (Fsp3) is 0.304. The summed E-state index contributed by atoms with van der Waals surface area (Å²) >= 11 is 0. The molecule has 146 valence electrons. The first-order valence-corrected chi connectivity index (χ1v) is 9.52. The summed E-state index contributed by atoms with van der Waals surface area (Å²) < 4.78 is 7.37. The quantitative estimate of drug-likeness (QED) is 0.655. The Kier molecular flexibility index (Phi) is 5.83. The third-order valence-corrected chi connectivity index (χ3v) is 4.58. The molecule has 1 heterocycles. The van der Waals surface area contributed by atoms with Crippen molar-refractivity contribution in [1.29, 1.82) is 0 Å². The van der Waals surface area contributed by atoms with Crippen molar-refractivity contribution < 1.29 is 9.53 Å². The fourth-order valence-electron chi connectivity index (χ4n) is 2.77. The first-order valence-electron chi connectivity index (χ1n) is 9.52. The van der Waals surface area contributed by atoms with Crippen molar-refractivity contribution in [2.45, 2.75) is 46.3 Å². The van der Waals surface area contributed by atoms with Crippen molar-refractivity contribution in [3.05, 3.63) is 77.6 Å². The Morgan fingerprint density at radius 1 is 1.04 bits per heavy atom. The van der Waals surface area contributed by atoms with Gasteiger partial charge in [0, 0.05) is 11.9 Å². The first kappa shape index (κ1) is 19.7. The first-order chi connectivity index (χ1) is 13.3. The Bertz CT molecular complexity index is 920. The number of ether oxygens (including phenoxy) is 1. The smallest absolute Gasteiger partial charge is 0.276 e. The molecular formula is C23H27N3O2. The van der Waals surface area contributed by atoms with Crippen molar-refractivity contribution in [3.63, 3.8) is 0 Å². The maximum absolute atomic E-state index is 12.4. The molecular weight excluding hydrogens is 350 g/mol. The van der Waals surface area contributed by atoms with Crippen LogP contribution >= 0.6 is 0 Å². The molecule has 0 bridgehead atoms. The summed E-state index contributed by atoms with van der Waals surface area (Å²) in [6.07, 6.45) is 2.70. The number of carbonyl (C=O) groups excluding carboxylic acids is 1. The maximum Gasteiger partial charge on any atom is 0.276 e. The van der Waals surface area contributed by atoms with Gasteiger partial charge >= 0.3 is 0 Å². The minimum atomic E-state index is -0.238. The van der Waals surface area contributed by atoms with Gasteiger partial charge in [0.15, 0.2) is 12.4 Å². The summed E-state index contributed by atoms with van der Waals surface area (Å²) in [6.45, 7) is 8.88. The highest BCUT2D eigenvalue weighted by Gasteiger charge is 2.13. The van der Waals surface area contributed by atoms with E-state index in [1.807, 2.05) is 36.4 Å². The molecule has 0 saturated carbocycles. The van der Waals surface area contributed by atoms with Gasteiger partial charge in [0.05, 0.1) is 0 Å². The Morgan fingerprint density at radius 3 is 2.32 bits per heavy atom. The highest BCUT2D eigenvalue weighted by atomic mass is 16.5. The predicted molar refractivity (Wildman–Crippen MR) is 112 cm³/mol. The second-order valence-corrected chi connectivity index (χ2v) is 7.79. The summed E-state index contributed by atoms with van der Waals surface area (Å²) in [4.78, 5) is 12.4. The molecule has 0 saturated heterocycles. The lowest BCUT2D eigenvalue weighted by atomic mass is 9.87. The molecule has 0 aliphatic rings. The van der Waals surface area contributed by atoms with Crippen LogP contribution < -0.4 is 10.1 Å². The zero-order chi connectivity index (χ0) is 20.1. The van der Waals surface area contributed by atoms with E-state index < -0.39 is 0 Å². The van der Waals surface area contributed by atoms with Gasteiger partial charge in [0.1, 0.15) is 5.75 Å². The van der Waals surface area contributed by atoms with Crippen LogP contribution in [0.5, 0.6) is 5.75 Å². The van der Waals surface area contributed by atoms with E-state index in [0.29, 0.717) is 5.69 Å². The van der Waals surface area contributed by atoms with E-state index in [4.69, 9.17) is 4.74 Å². The molecule has 0 aliphatic heterocycles. The van der Waals surface area contributed by atoms with Crippen LogP contribution in [0.4, 0.5) is 5.69 Å². The third kappa shape index (κ3) is 5.00. The molecule has 0 unspecified atom stereocenters. The van der Waals surface area contributed by atoms with Crippen molar-refractivity contribution in [2.75, 3.05) is 5.32 Å². The number of anilines is 1. The van der Waals surface area contributed by atoms with Gasteiger partial charge in [-0.25, -0.2) is 4.68 Å². The molecule has 0 radical (unpaired) electrons. The molecule has 3 aromatic rings. The van der Waals surface area contributed by atoms with Crippen LogP contribution in [0.2, 0.25) is 0 Å². The normalized spacial score (nSPS) is 11.3. The highest BCUT2D eigenvalue weighted by Crippen LogP contribution is 2.24. The van der Waals surface area contributed by atoms with Gasteiger partial charge in [-0.1, -0.05) is 52.0 Å². The number of benzene rings is 2. The van der Waals surface area contributed by atoms with Gasteiger partial charge in [0.2, 0.25) is 0 Å². The van der Waals surface area contributed by atoms with Crippen molar-refractivity contribution in [1.82, 2.24) is 9.78 Å². The topological polar surface area (TPSA) is 56.2 Å². The summed E-state index contributed by atoms with van der Waals surface area (Å²) in [6, 6.07) is 17.6. The fourth-order valence-corrected chi connectivity index (χ4v) is 2.77. The number of hydrogen-bond acceptors (Lipinski definition) is 3. The SMILES string of the molecule is CCc1ccc(NC(=O)c2ccn(COc3ccc(C(C)(C)C)cc3)n2)cc1. The van der Waals surface area contributed by atoms with Crippen LogP contribution in [-0.2, 0) is 18.6 Å². The van der Waals surface area contributed by atoms with Crippen LogP contribution in [0.15, 0.2) is 60.8 Å². The molecule has 5 heteroatoms. The molecule has 3 rings (SSSR count). The van der Waals surface area contributed by atoms with Gasteiger partial charge < -0.3 is 10.1 Å². The lowest BCUT2D eigenvalue weighted by molar-refractivity contribution is 0.102. The maximum atomic E-state index is 12.4. The van der Waals surface area contributed by atoms with Crippen LogP contribution in [0.25, 0.3) is 0 Å². The van der Waals surface area contributed by atoms with E-state index in [2.05, 4.69) is 50.2 Å². The van der Waals surface area contributed by atoms with Crippen molar-refractivity contribution in [2.24, 2.45) is 0 Å². The Morgan fingerprint density at radius 2 is 1.71 bits per heavy atom. The molecule has 0 spiro atoms. The molecule has 0 aliphatic carbocycles. The summed E-state index contributed by atoms with van der Waals surface area (Å²) in [7, 11) is 0. The second kappa shape index (κ2) is 8.30. The molecule has 1 amide bonds. The van der Waals surface area contributed by atoms with Gasteiger partial charge in [-0.3, -0.25) is 4.79 Å². The average molecular weight is 377 g/mol. The molecule has 2 aromatic carbocycles. The number of nitrogens with zero attached hydrogens (tertiary/aromatic N) is 2. The molecule has 0 fully saturated rings. The second-order valence-electron chi connectivity index (χ2n) is 7.79. The molecule has 5 nitrogen and oxygen atoms in total. The minimum absolute atomic E-state index is 0.111. The number of carbonyl (C=O) groups is 1. The Balaban J connectivity index is 1.56. The van der Waals surface area contributed by atoms with Crippen molar-refractivity contribution in [3.8, 4) is 5.75 Å². The number of aromatic nitrogens is 2. The van der Waals surface area contributed by atoms with Crippen molar-refractivity contribution >= 4 is 11.6 Å². The van der Waals surface area contributed by atoms with Crippen LogP contribution in [0, 0.1) is 0 Å².